The van der Waals surface area contributed by atoms with Gasteiger partial charge < -0.3 is 14.6 Å². The van der Waals surface area contributed by atoms with Crippen LogP contribution in [0.2, 0.25) is 0 Å². The predicted molar refractivity (Wildman–Crippen MR) is 94.0 cm³/mol. The van der Waals surface area contributed by atoms with Crippen molar-refractivity contribution >= 4 is 5.97 Å². The van der Waals surface area contributed by atoms with Crippen molar-refractivity contribution in [2.24, 2.45) is 0 Å². The monoisotopic (exact) mass is 328 g/mol. The van der Waals surface area contributed by atoms with Crippen LogP contribution in [0.3, 0.4) is 0 Å². The van der Waals surface area contributed by atoms with Gasteiger partial charge >= 0.3 is 5.97 Å². The van der Waals surface area contributed by atoms with Crippen molar-refractivity contribution in [1.29, 1.82) is 0 Å². The van der Waals surface area contributed by atoms with E-state index in [0.29, 0.717) is 17.9 Å². The van der Waals surface area contributed by atoms with E-state index < -0.39 is 11.9 Å². The molecule has 0 spiro atoms. The molecule has 0 aromatic heterocycles. The minimum atomic E-state index is -0.832. The normalized spacial score (nSPS) is 12.0. The van der Waals surface area contributed by atoms with Gasteiger partial charge in [-0.15, -0.1) is 0 Å². The maximum atomic E-state index is 11.7. The van der Waals surface area contributed by atoms with Gasteiger partial charge in [0.25, 0.3) is 0 Å². The quantitative estimate of drug-likeness (QED) is 0.827. The van der Waals surface area contributed by atoms with E-state index in [1.807, 2.05) is 63.2 Å². The Morgan fingerprint density at radius 1 is 1.08 bits per heavy atom. The molecule has 4 nitrogen and oxygen atoms in total. The lowest BCUT2D eigenvalue weighted by Crippen LogP contribution is -2.15. The second kappa shape index (κ2) is 7.86. The molecule has 2 rings (SSSR count). The number of aliphatic carboxylic acids is 1. The smallest absolute Gasteiger partial charge is 0.311 e. The van der Waals surface area contributed by atoms with Crippen molar-refractivity contribution in [1.82, 2.24) is 0 Å². The van der Waals surface area contributed by atoms with Gasteiger partial charge in [-0.3, -0.25) is 4.79 Å². The Morgan fingerprint density at radius 2 is 1.75 bits per heavy atom. The zero-order valence-corrected chi connectivity index (χ0v) is 14.6. The van der Waals surface area contributed by atoms with Crippen LogP contribution in [-0.4, -0.2) is 24.3 Å². The molecule has 0 amide bonds. The average molecular weight is 328 g/mol. The maximum absolute atomic E-state index is 11.7. The molecule has 0 heterocycles. The Bertz CT molecular complexity index is 689. The molecular weight excluding hydrogens is 304 g/mol. The molecule has 2 aromatic rings. The fourth-order valence-corrected chi connectivity index (χ4v) is 2.58. The van der Waals surface area contributed by atoms with Crippen molar-refractivity contribution < 1.29 is 19.4 Å². The van der Waals surface area contributed by atoms with E-state index in [-0.39, 0.29) is 6.10 Å². The number of hydrogen-bond donors (Lipinski definition) is 1. The third-order valence-electron chi connectivity index (χ3n) is 3.81. The van der Waals surface area contributed by atoms with Crippen LogP contribution in [0.4, 0.5) is 0 Å². The number of carboxylic acids is 1. The lowest BCUT2D eigenvalue weighted by molar-refractivity contribution is -0.138. The first-order valence-corrected chi connectivity index (χ1v) is 8.03. The second-order valence-electron chi connectivity index (χ2n) is 6.16. The summed E-state index contributed by atoms with van der Waals surface area (Å²) in [4.78, 5) is 11.7. The minimum absolute atomic E-state index is 0.0153. The number of carbonyl (C=O) groups is 1. The summed E-state index contributed by atoms with van der Waals surface area (Å²) in [5, 5.41) is 9.62. The highest BCUT2D eigenvalue weighted by atomic mass is 16.5. The number of benzene rings is 2. The zero-order valence-electron chi connectivity index (χ0n) is 14.6. The molecular formula is C20H24O4. The van der Waals surface area contributed by atoms with Gasteiger partial charge in [0.05, 0.1) is 19.1 Å². The largest absolute Gasteiger partial charge is 0.493 e. The van der Waals surface area contributed by atoms with Crippen molar-refractivity contribution in [3.63, 3.8) is 0 Å². The van der Waals surface area contributed by atoms with E-state index in [9.17, 15) is 9.90 Å². The number of carboxylic acid groups (broad SMARTS) is 1. The van der Waals surface area contributed by atoms with Gasteiger partial charge in [-0.2, -0.15) is 0 Å². The average Bonchev–Trinajstić information content (AvgIpc) is 2.53. The van der Waals surface area contributed by atoms with Gasteiger partial charge in [-0.1, -0.05) is 35.9 Å². The molecule has 0 fully saturated rings. The van der Waals surface area contributed by atoms with Gasteiger partial charge in [-0.25, -0.2) is 0 Å². The van der Waals surface area contributed by atoms with Crippen LogP contribution in [0.5, 0.6) is 11.5 Å². The van der Waals surface area contributed by atoms with Crippen LogP contribution in [0.1, 0.15) is 36.5 Å². The maximum Gasteiger partial charge on any atom is 0.311 e. The van der Waals surface area contributed by atoms with Crippen molar-refractivity contribution in [3.05, 3.63) is 59.2 Å². The number of aryl methyl sites for hydroxylation is 1. The number of ether oxygens (including phenoxy) is 2. The van der Waals surface area contributed by atoms with E-state index in [0.717, 1.165) is 16.7 Å². The SMILES string of the molecule is COc1ccc(CC(C(=O)O)c2ccc(C)cc2)cc1OC(C)C. The van der Waals surface area contributed by atoms with Crippen LogP contribution in [0.15, 0.2) is 42.5 Å². The molecule has 0 aliphatic rings. The number of hydrogen-bond acceptors (Lipinski definition) is 3. The van der Waals surface area contributed by atoms with Crippen LogP contribution < -0.4 is 9.47 Å². The Morgan fingerprint density at radius 3 is 2.29 bits per heavy atom. The minimum Gasteiger partial charge on any atom is -0.493 e. The van der Waals surface area contributed by atoms with Crippen LogP contribution >= 0.6 is 0 Å². The summed E-state index contributed by atoms with van der Waals surface area (Å²) in [6.07, 6.45) is 0.415. The molecule has 0 bridgehead atoms. The Kier molecular flexibility index (Phi) is 5.85. The summed E-state index contributed by atoms with van der Waals surface area (Å²) in [5.74, 6) is -0.139. The molecule has 1 unspecified atom stereocenters. The predicted octanol–water partition coefficient (Wildman–Crippen LogP) is 4.20. The van der Waals surface area contributed by atoms with Crippen LogP contribution in [0.25, 0.3) is 0 Å². The highest BCUT2D eigenvalue weighted by Crippen LogP contribution is 2.31. The first-order chi connectivity index (χ1) is 11.4. The summed E-state index contributed by atoms with van der Waals surface area (Å²) >= 11 is 0. The molecule has 24 heavy (non-hydrogen) atoms. The summed E-state index contributed by atoms with van der Waals surface area (Å²) in [6.45, 7) is 5.87. The summed E-state index contributed by atoms with van der Waals surface area (Å²) in [7, 11) is 1.59. The zero-order chi connectivity index (χ0) is 17.7. The topological polar surface area (TPSA) is 55.8 Å². The summed E-state index contributed by atoms with van der Waals surface area (Å²) in [5.41, 5.74) is 2.81. The lowest BCUT2D eigenvalue weighted by atomic mass is 9.91. The fraction of sp³-hybridized carbons (Fsp3) is 0.350. The molecule has 128 valence electrons. The molecule has 0 aliphatic carbocycles. The molecule has 0 radical (unpaired) electrons. The first kappa shape index (κ1) is 17.9. The molecule has 2 aromatic carbocycles. The molecule has 0 saturated heterocycles. The molecule has 4 heteroatoms. The lowest BCUT2D eigenvalue weighted by Gasteiger charge is -2.17. The van der Waals surface area contributed by atoms with Gasteiger partial charge in [0.2, 0.25) is 0 Å². The van der Waals surface area contributed by atoms with Gasteiger partial charge in [0, 0.05) is 0 Å². The van der Waals surface area contributed by atoms with Crippen molar-refractivity contribution in [3.8, 4) is 11.5 Å². The third kappa shape index (κ3) is 4.51. The highest BCUT2D eigenvalue weighted by Gasteiger charge is 2.21. The van der Waals surface area contributed by atoms with Gasteiger partial charge in [-0.05, 0) is 50.5 Å². The Labute approximate surface area is 143 Å². The first-order valence-electron chi connectivity index (χ1n) is 8.03. The molecule has 1 N–H and O–H groups in total. The summed E-state index contributed by atoms with van der Waals surface area (Å²) in [6, 6.07) is 13.2. The van der Waals surface area contributed by atoms with Crippen LogP contribution in [0, 0.1) is 6.92 Å². The van der Waals surface area contributed by atoms with E-state index >= 15 is 0 Å². The highest BCUT2D eigenvalue weighted by molar-refractivity contribution is 5.76. The number of methoxy groups -OCH3 is 1. The fourth-order valence-electron chi connectivity index (χ4n) is 2.58. The van der Waals surface area contributed by atoms with Crippen molar-refractivity contribution in [2.75, 3.05) is 7.11 Å². The van der Waals surface area contributed by atoms with E-state index in [4.69, 9.17) is 9.47 Å². The van der Waals surface area contributed by atoms with Gasteiger partial charge in [0.1, 0.15) is 0 Å². The standard InChI is InChI=1S/C20H24O4/c1-13(2)24-19-12-15(7-10-18(19)23-4)11-17(20(21)22)16-8-5-14(3)6-9-16/h5-10,12-13,17H,11H2,1-4H3,(H,21,22). The molecule has 1 atom stereocenters. The Hall–Kier alpha value is -2.49. The molecule has 0 saturated carbocycles. The van der Waals surface area contributed by atoms with E-state index in [2.05, 4.69) is 0 Å². The van der Waals surface area contributed by atoms with Crippen LogP contribution in [-0.2, 0) is 11.2 Å². The van der Waals surface area contributed by atoms with Gasteiger partial charge in [0.15, 0.2) is 11.5 Å². The van der Waals surface area contributed by atoms with Crippen molar-refractivity contribution in [2.45, 2.75) is 39.2 Å². The molecule has 0 aliphatic heterocycles. The second-order valence-corrected chi connectivity index (χ2v) is 6.16. The van der Waals surface area contributed by atoms with E-state index in [1.54, 1.807) is 7.11 Å². The number of rotatable bonds is 7. The summed E-state index contributed by atoms with van der Waals surface area (Å²) < 4.78 is 11.1. The van der Waals surface area contributed by atoms with E-state index in [1.165, 1.54) is 0 Å². The third-order valence-corrected chi connectivity index (χ3v) is 3.81. The Balaban J connectivity index is 2.29.